The van der Waals surface area contributed by atoms with Gasteiger partial charge in [-0.1, -0.05) is 39.8 Å². The van der Waals surface area contributed by atoms with Crippen LogP contribution in [0.4, 0.5) is 0 Å². The van der Waals surface area contributed by atoms with Crippen LogP contribution in [0, 0.1) is 5.92 Å². The molecule has 0 aliphatic carbocycles. The predicted molar refractivity (Wildman–Crippen MR) is 76.0 cm³/mol. The summed E-state index contributed by atoms with van der Waals surface area (Å²) in [5, 5.41) is 0. The first kappa shape index (κ1) is 15.0. The summed E-state index contributed by atoms with van der Waals surface area (Å²) < 4.78 is 11.0. The minimum atomic E-state index is -0.195. The molecule has 102 valence electrons. The lowest BCUT2D eigenvalue weighted by Crippen LogP contribution is -2.24. The van der Waals surface area contributed by atoms with Crippen molar-refractivity contribution < 1.29 is 9.47 Å². The zero-order chi connectivity index (χ0) is 13.8. The number of ether oxygens (including phenoxy) is 2. The van der Waals surface area contributed by atoms with E-state index in [0.29, 0.717) is 12.5 Å². The second-order valence-corrected chi connectivity index (χ2v) is 5.54. The maximum atomic E-state index is 5.66. The fourth-order valence-corrected chi connectivity index (χ4v) is 1.76. The molecule has 0 N–H and O–H groups in total. The highest BCUT2D eigenvalue weighted by atomic mass is 16.7. The number of rotatable bonds is 6. The first-order chi connectivity index (χ1) is 8.37. The van der Waals surface area contributed by atoms with Crippen LogP contribution in [0.5, 0.6) is 5.75 Å². The van der Waals surface area contributed by atoms with Crippen LogP contribution in [-0.2, 0) is 10.2 Å². The van der Waals surface area contributed by atoms with Gasteiger partial charge in [-0.15, -0.1) is 0 Å². The highest BCUT2D eigenvalue weighted by Gasteiger charge is 2.24. The van der Waals surface area contributed by atoms with Crippen LogP contribution in [-0.4, -0.2) is 12.9 Å². The maximum Gasteiger partial charge on any atom is 0.196 e. The van der Waals surface area contributed by atoms with Crippen LogP contribution in [0.1, 0.15) is 47.1 Å². The van der Waals surface area contributed by atoms with Gasteiger partial charge < -0.3 is 9.47 Å². The van der Waals surface area contributed by atoms with Crippen LogP contribution in [0.3, 0.4) is 0 Å². The summed E-state index contributed by atoms with van der Waals surface area (Å²) in [4.78, 5) is 0. The summed E-state index contributed by atoms with van der Waals surface area (Å²) in [6, 6.07) is 8.34. The first-order valence-corrected chi connectivity index (χ1v) is 6.76. The molecule has 1 aromatic rings. The zero-order valence-corrected chi connectivity index (χ0v) is 12.5. The largest absolute Gasteiger partial charge is 0.465 e. The predicted octanol–water partition coefficient (Wildman–Crippen LogP) is 4.38. The molecule has 1 atom stereocenters. The average molecular weight is 250 g/mol. The van der Waals surface area contributed by atoms with E-state index in [4.69, 9.17) is 9.47 Å². The Morgan fingerprint density at radius 1 is 1.06 bits per heavy atom. The molecule has 0 aliphatic rings. The molecule has 18 heavy (non-hydrogen) atoms. The van der Waals surface area contributed by atoms with E-state index in [2.05, 4.69) is 39.8 Å². The van der Waals surface area contributed by atoms with Crippen LogP contribution in [0.15, 0.2) is 24.3 Å². The van der Waals surface area contributed by atoms with E-state index in [1.54, 1.807) is 0 Å². The SMILES string of the molecule is CCOC(C)Oc1ccc(C(C)(C)C(C)C)cc1. The maximum absolute atomic E-state index is 5.66. The molecular formula is C16H26O2. The molecule has 0 saturated carbocycles. The molecular weight excluding hydrogens is 224 g/mol. The Morgan fingerprint density at radius 2 is 1.61 bits per heavy atom. The molecule has 0 bridgehead atoms. The molecule has 2 nitrogen and oxygen atoms in total. The molecule has 0 heterocycles. The molecule has 2 heteroatoms. The lowest BCUT2D eigenvalue weighted by molar-refractivity contribution is -0.0613. The van der Waals surface area contributed by atoms with Crippen LogP contribution in [0.25, 0.3) is 0 Å². The van der Waals surface area contributed by atoms with Gasteiger partial charge in [0.15, 0.2) is 6.29 Å². The lowest BCUT2D eigenvalue weighted by Gasteiger charge is -2.30. The summed E-state index contributed by atoms with van der Waals surface area (Å²) in [5.41, 5.74) is 1.53. The van der Waals surface area contributed by atoms with Crippen molar-refractivity contribution in [2.24, 2.45) is 5.92 Å². The highest BCUT2D eigenvalue weighted by molar-refractivity contribution is 5.32. The molecule has 0 saturated heterocycles. The number of hydrogen-bond donors (Lipinski definition) is 0. The van der Waals surface area contributed by atoms with Gasteiger partial charge in [0.1, 0.15) is 5.75 Å². The minimum Gasteiger partial charge on any atom is -0.465 e. The number of benzene rings is 1. The van der Waals surface area contributed by atoms with Crippen LogP contribution < -0.4 is 4.74 Å². The third kappa shape index (κ3) is 3.74. The van der Waals surface area contributed by atoms with E-state index >= 15 is 0 Å². The van der Waals surface area contributed by atoms with Crippen molar-refractivity contribution in [1.82, 2.24) is 0 Å². The normalized spacial score (nSPS) is 13.7. The molecule has 1 unspecified atom stereocenters. The molecule has 0 aliphatic heterocycles. The van der Waals surface area contributed by atoms with Gasteiger partial charge in [0.25, 0.3) is 0 Å². The molecule has 1 aromatic carbocycles. The molecule has 1 rings (SSSR count). The Morgan fingerprint density at radius 3 is 2.06 bits per heavy atom. The van der Waals surface area contributed by atoms with Gasteiger partial charge in [0.05, 0.1) is 0 Å². The minimum absolute atomic E-state index is 0.185. The zero-order valence-electron chi connectivity index (χ0n) is 12.5. The number of hydrogen-bond acceptors (Lipinski definition) is 2. The van der Waals surface area contributed by atoms with E-state index in [9.17, 15) is 0 Å². The van der Waals surface area contributed by atoms with Crippen molar-refractivity contribution in [3.63, 3.8) is 0 Å². The van der Waals surface area contributed by atoms with Crippen molar-refractivity contribution in [3.8, 4) is 5.75 Å². The fraction of sp³-hybridized carbons (Fsp3) is 0.625. The Kier molecular flexibility index (Phi) is 5.21. The van der Waals surface area contributed by atoms with E-state index < -0.39 is 0 Å². The van der Waals surface area contributed by atoms with E-state index in [0.717, 1.165) is 5.75 Å². The topological polar surface area (TPSA) is 18.5 Å². The standard InChI is InChI=1S/C16H26O2/c1-7-17-13(4)18-15-10-8-14(9-11-15)16(5,6)12(2)3/h8-13H,7H2,1-6H3. The Labute approximate surface area is 111 Å². The molecule has 0 radical (unpaired) electrons. The van der Waals surface area contributed by atoms with Crippen molar-refractivity contribution in [2.45, 2.75) is 53.2 Å². The van der Waals surface area contributed by atoms with Gasteiger partial charge >= 0.3 is 0 Å². The van der Waals surface area contributed by atoms with Gasteiger partial charge in [-0.25, -0.2) is 0 Å². The third-order valence-electron chi connectivity index (χ3n) is 3.75. The van der Waals surface area contributed by atoms with Crippen molar-refractivity contribution >= 4 is 0 Å². The summed E-state index contributed by atoms with van der Waals surface area (Å²) in [5.74, 6) is 1.46. The third-order valence-corrected chi connectivity index (χ3v) is 3.75. The Bertz CT molecular complexity index is 352. The van der Waals surface area contributed by atoms with Gasteiger partial charge in [0.2, 0.25) is 0 Å². The molecule has 0 amide bonds. The second-order valence-electron chi connectivity index (χ2n) is 5.54. The van der Waals surface area contributed by atoms with Crippen LogP contribution >= 0.6 is 0 Å². The van der Waals surface area contributed by atoms with Gasteiger partial charge in [-0.3, -0.25) is 0 Å². The Hall–Kier alpha value is -1.02. The summed E-state index contributed by atoms with van der Waals surface area (Å²) in [6.07, 6.45) is -0.195. The Balaban J connectivity index is 2.74. The molecule has 0 aromatic heterocycles. The smallest absolute Gasteiger partial charge is 0.196 e. The van der Waals surface area contributed by atoms with E-state index in [-0.39, 0.29) is 11.7 Å². The molecule has 0 fully saturated rings. The highest BCUT2D eigenvalue weighted by Crippen LogP contribution is 2.32. The van der Waals surface area contributed by atoms with Crippen LogP contribution in [0.2, 0.25) is 0 Å². The quantitative estimate of drug-likeness (QED) is 0.697. The van der Waals surface area contributed by atoms with E-state index in [1.807, 2.05) is 26.0 Å². The first-order valence-electron chi connectivity index (χ1n) is 6.76. The summed E-state index contributed by atoms with van der Waals surface area (Å²) >= 11 is 0. The average Bonchev–Trinajstić information content (AvgIpc) is 2.29. The monoisotopic (exact) mass is 250 g/mol. The van der Waals surface area contributed by atoms with Crippen molar-refractivity contribution in [3.05, 3.63) is 29.8 Å². The molecule has 0 spiro atoms. The van der Waals surface area contributed by atoms with Gasteiger partial charge in [0, 0.05) is 6.61 Å². The van der Waals surface area contributed by atoms with E-state index in [1.165, 1.54) is 5.56 Å². The van der Waals surface area contributed by atoms with Crippen molar-refractivity contribution in [2.75, 3.05) is 6.61 Å². The second kappa shape index (κ2) is 6.24. The van der Waals surface area contributed by atoms with Gasteiger partial charge in [-0.05, 0) is 42.9 Å². The lowest BCUT2D eigenvalue weighted by atomic mass is 9.75. The fourth-order valence-electron chi connectivity index (χ4n) is 1.76. The van der Waals surface area contributed by atoms with Crippen molar-refractivity contribution in [1.29, 1.82) is 0 Å². The van der Waals surface area contributed by atoms with Gasteiger partial charge in [-0.2, -0.15) is 0 Å². The summed E-state index contributed by atoms with van der Waals surface area (Å²) in [7, 11) is 0. The summed E-state index contributed by atoms with van der Waals surface area (Å²) in [6.45, 7) is 13.6.